The molecule has 0 aromatic carbocycles. The molecule has 0 spiro atoms. The van der Waals surface area contributed by atoms with Gasteiger partial charge in [0.15, 0.2) is 0 Å². The highest BCUT2D eigenvalue weighted by molar-refractivity contribution is 5.98. The predicted octanol–water partition coefficient (Wildman–Crippen LogP) is 1.74. The molecule has 22 heavy (non-hydrogen) atoms. The van der Waals surface area contributed by atoms with Gasteiger partial charge in [-0.1, -0.05) is 0 Å². The van der Waals surface area contributed by atoms with E-state index in [2.05, 4.69) is 20.3 Å². The van der Waals surface area contributed by atoms with Crippen LogP contribution < -0.4 is 10.2 Å². The second-order valence-electron chi connectivity index (χ2n) is 5.29. The molecule has 0 saturated carbocycles. The van der Waals surface area contributed by atoms with Crippen LogP contribution in [0.25, 0.3) is 0 Å². The van der Waals surface area contributed by atoms with Crippen LogP contribution in [0.3, 0.4) is 0 Å². The summed E-state index contributed by atoms with van der Waals surface area (Å²) in [4.78, 5) is 26.2. The monoisotopic (exact) mass is 301 g/mol. The Morgan fingerprint density at radius 2 is 2.27 bits per heavy atom. The molecular formula is C15H16FN5O. The van der Waals surface area contributed by atoms with E-state index in [9.17, 15) is 9.18 Å². The first kappa shape index (κ1) is 14.4. The molecule has 7 heteroatoms. The zero-order chi connectivity index (χ0) is 15.6. The van der Waals surface area contributed by atoms with Crippen LogP contribution in [0.15, 0.2) is 36.8 Å². The normalized spacial score (nSPS) is 20.9. The molecule has 1 saturated heterocycles. The third-order valence-electron chi connectivity index (χ3n) is 3.63. The molecule has 2 aromatic rings. The molecule has 1 amide bonds. The lowest BCUT2D eigenvalue weighted by Crippen LogP contribution is -2.41. The Bertz CT molecular complexity index is 681. The van der Waals surface area contributed by atoms with E-state index in [0.29, 0.717) is 23.9 Å². The van der Waals surface area contributed by atoms with Crippen LogP contribution in [-0.4, -0.2) is 39.6 Å². The van der Waals surface area contributed by atoms with E-state index in [0.717, 1.165) is 0 Å². The Labute approximate surface area is 127 Å². The number of hydrogen-bond acceptors (Lipinski definition) is 5. The molecule has 1 N–H and O–H groups in total. The summed E-state index contributed by atoms with van der Waals surface area (Å²) < 4.78 is 14.9. The van der Waals surface area contributed by atoms with Crippen molar-refractivity contribution in [2.75, 3.05) is 23.3 Å². The first-order valence-corrected chi connectivity index (χ1v) is 7.02. The number of aromatic nitrogens is 3. The Kier molecular flexibility index (Phi) is 3.70. The van der Waals surface area contributed by atoms with Crippen LogP contribution in [0.2, 0.25) is 0 Å². The Morgan fingerprint density at radius 1 is 1.41 bits per heavy atom. The minimum absolute atomic E-state index is 0.0183. The van der Waals surface area contributed by atoms with Gasteiger partial charge in [0.2, 0.25) is 5.67 Å². The first-order valence-electron chi connectivity index (χ1n) is 7.02. The van der Waals surface area contributed by atoms with E-state index in [-0.39, 0.29) is 13.0 Å². The largest absolute Gasteiger partial charge is 0.353 e. The lowest BCUT2D eigenvalue weighted by Gasteiger charge is -2.21. The van der Waals surface area contributed by atoms with Crippen LogP contribution in [0, 0.1) is 6.92 Å². The van der Waals surface area contributed by atoms with Gasteiger partial charge in [0.1, 0.15) is 11.6 Å². The number of anilines is 2. The van der Waals surface area contributed by atoms with Gasteiger partial charge in [-0.25, -0.2) is 14.4 Å². The third kappa shape index (κ3) is 2.88. The Morgan fingerprint density at radius 3 is 3.00 bits per heavy atom. The quantitative estimate of drug-likeness (QED) is 0.935. The number of aryl methyl sites for hydroxylation is 1. The number of halogens is 1. The van der Waals surface area contributed by atoms with Crippen LogP contribution in [0.4, 0.5) is 15.9 Å². The lowest BCUT2D eigenvalue weighted by atomic mass is 10.0. The summed E-state index contributed by atoms with van der Waals surface area (Å²) in [7, 11) is 0. The van der Waals surface area contributed by atoms with E-state index >= 15 is 0 Å². The van der Waals surface area contributed by atoms with E-state index in [1.54, 1.807) is 42.4 Å². The second kappa shape index (κ2) is 5.67. The van der Waals surface area contributed by atoms with E-state index in [4.69, 9.17) is 0 Å². The Hall–Kier alpha value is -2.57. The van der Waals surface area contributed by atoms with Crippen molar-refractivity contribution in [3.8, 4) is 0 Å². The maximum Gasteiger partial charge on any atom is 0.264 e. The fourth-order valence-electron chi connectivity index (χ4n) is 2.45. The molecule has 0 bridgehead atoms. The SMILES string of the molecule is Cc1nccc(N2CCC(F)(C(=O)Nc3cccnc3)C2)n1. The van der Waals surface area contributed by atoms with Crippen molar-refractivity contribution in [2.45, 2.75) is 19.0 Å². The van der Waals surface area contributed by atoms with Crippen molar-refractivity contribution in [3.05, 3.63) is 42.6 Å². The summed E-state index contributed by atoms with van der Waals surface area (Å²) in [5.74, 6) is 0.614. The molecule has 114 valence electrons. The number of nitrogens with zero attached hydrogens (tertiary/aromatic N) is 4. The number of carbonyl (C=O) groups is 1. The fraction of sp³-hybridized carbons (Fsp3) is 0.333. The summed E-state index contributed by atoms with van der Waals surface area (Å²) in [6.07, 6.45) is 4.84. The number of rotatable bonds is 3. The molecule has 1 unspecified atom stereocenters. The van der Waals surface area contributed by atoms with E-state index in [1.165, 1.54) is 6.20 Å². The van der Waals surface area contributed by atoms with Crippen LogP contribution in [0.5, 0.6) is 0 Å². The Balaban J connectivity index is 1.71. The van der Waals surface area contributed by atoms with Crippen molar-refractivity contribution in [2.24, 2.45) is 0 Å². The third-order valence-corrected chi connectivity index (χ3v) is 3.63. The molecule has 1 fully saturated rings. The van der Waals surface area contributed by atoms with Gasteiger partial charge in [0.25, 0.3) is 5.91 Å². The number of alkyl halides is 1. The number of nitrogens with one attached hydrogen (secondary N) is 1. The topological polar surface area (TPSA) is 71.0 Å². The van der Waals surface area contributed by atoms with Crippen molar-refractivity contribution in [1.29, 1.82) is 0 Å². The van der Waals surface area contributed by atoms with Gasteiger partial charge in [-0.3, -0.25) is 9.78 Å². The maximum absolute atomic E-state index is 14.9. The first-order chi connectivity index (χ1) is 10.6. The molecule has 1 atom stereocenters. The maximum atomic E-state index is 14.9. The second-order valence-corrected chi connectivity index (χ2v) is 5.29. The van der Waals surface area contributed by atoms with Crippen molar-refractivity contribution in [3.63, 3.8) is 0 Å². The fourth-order valence-corrected chi connectivity index (χ4v) is 2.45. The molecule has 0 aliphatic carbocycles. The van der Waals surface area contributed by atoms with Crippen molar-refractivity contribution >= 4 is 17.4 Å². The molecule has 0 radical (unpaired) electrons. The zero-order valence-electron chi connectivity index (χ0n) is 12.2. The predicted molar refractivity (Wildman–Crippen MR) is 80.3 cm³/mol. The summed E-state index contributed by atoms with van der Waals surface area (Å²) >= 11 is 0. The van der Waals surface area contributed by atoms with Gasteiger partial charge in [0, 0.05) is 25.4 Å². The number of amides is 1. The minimum Gasteiger partial charge on any atom is -0.353 e. The highest BCUT2D eigenvalue weighted by Gasteiger charge is 2.45. The highest BCUT2D eigenvalue weighted by atomic mass is 19.1. The van der Waals surface area contributed by atoms with E-state index in [1.807, 2.05) is 0 Å². The molecule has 2 aromatic heterocycles. The molecule has 6 nitrogen and oxygen atoms in total. The highest BCUT2D eigenvalue weighted by Crippen LogP contribution is 2.30. The van der Waals surface area contributed by atoms with Crippen LogP contribution in [0.1, 0.15) is 12.2 Å². The van der Waals surface area contributed by atoms with Gasteiger partial charge in [0.05, 0.1) is 18.4 Å². The lowest BCUT2D eigenvalue weighted by molar-refractivity contribution is -0.126. The van der Waals surface area contributed by atoms with Gasteiger partial charge < -0.3 is 10.2 Å². The summed E-state index contributed by atoms with van der Waals surface area (Å²) in [6, 6.07) is 5.08. The number of carbonyl (C=O) groups excluding carboxylic acids is 1. The average Bonchev–Trinajstić information content (AvgIpc) is 2.92. The van der Waals surface area contributed by atoms with E-state index < -0.39 is 11.6 Å². The van der Waals surface area contributed by atoms with Crippen LogP contribution >= 0.6 is 0 Å². The molecule has 1 aliphatic rings. The zero-order valence-corrected chi connectivity index (χ0v) is 12.2. The van der Waals surface area contributed by atoms with Crippen LogP contribution in [-0.2, 0) is 4.79 Å². The van der Waals surface area contributed by atoms with Crippen molar-refractivity contribution < 1.29 is 9.18 Å². The summed E-state index contributed by atoms with van der Waals surface area (Å²) in [6.45, 7) is 2.19. The standard InChI is InChI=1S/C15H16FN5O/c1-11-18-7-4-13(19-11)21-8-5-15(16,10-21)14(22)20-12-3-2-6-17-9-12/h2-4,6-7,9H,5,8,10H2,1H3,(H,20,22). The molecule has 3 heterocycles. The smallest absolute Gasteiger partial charge is 0.264 e. The van der Waals surface area contributed by atoms with Gasteiger partial charge in [-0.05, 0) is 25.1 Å². The molecular weight excluding hydrogens is 285 g/mol. The minimum atomic E-state index is -1.94. The molecule has 3 rings (SSSR count). The number of hydrogen-bond donors (Lipinski definition) is 1. The molecule has 1 aliphatic heterocycles. The average molecular weight is 301 g/mol. The summed E-state index contributed by atoms with van der Waals surface area (Å²) in [5, 5.41) is 2.57. The van der Waals surface area contributed by atoms with Gasteiger partial charge >= 0.3 is 0 Å². The summed E-state index contributed by atoms with van der Waals surface area (Å²) in [5.41, 5.74) is -1.45. The van der Waals surface area contributed by atoms with Crippen molar-refractivity contribution in [1.82, 2.24) is 15.0 Å². The van der Waals surface area contributed by atoms with Gasteiger partial charge in [-0.15, -0.1) is 0 Å². The van der Waals surface area contributed by atoms with Gasteiger partial charge in [-0.2, -0.15) is 0 Å². The number of pyridine rings is 1.